The quantitative estimate of drug-likeness (QED) is 0.340. The number of rotatable bonds is 10. The molecule has 1 aliphatic heterocycles. The van der Waals surface area contributed by atoms with E-state index in [9.17, 15) is 9.90 Å². The summed E-state index contributed by atoms with van der Waals surface area (Å²) in [6, 6.07) is 10.4. The zero-order valence-electron chi connectivity index (χ0n) is 20.4. The molecule has 1 aromatic heterocycles. The average Bonchev–Trinajstić information content (AvgIpc) is 2.89. The van der Waals surface area contributed by atoms with Crippen molar-refractivity contribution in [2.75, 3.05) is 26.2 Å². The first-order valence-corrected chi connectivity index (χ1v) is 12.7. The van der Waals surface area contributed by atoms with Gasteiger partial charge in [-0.05, 0) is 61.8 Å². The van der Waals surface area contributed by atoms with Crippen LogP contribution in [-0.2, 0) is 11.2 Å². The number of β-amino-alcohol motifs (C(OH)–C–C–N with tert-alkyl or cyclic N) is 1. The van der Waals surface area contributed by atoms with Crippen LogP contribution in [0, 0.1) is 6.57 Å². The van der Waals surface area contributed by atoms with Gasteiger partial charge in [-0.25, -0.2) is 4.85 Å². The molecule has 2 heterocycles. The lowest BCUT2D eigenvalue weighted by Gasteiger charge is -2.28. The number of piperidine rings is 1. The number of nitrogens with zero attached hydrogens (tertiary/aromatic N) is 3. The Morgan fingerprint density at radius 2 is 2.00 bits per heavy atom. The van der Waals surface area contributed by atoms with E-state index >= 15 is 0 Å². The van der Waals surface area contributed by atoms with Crippen LogP contribution in [0.1, 0.15) is 38.2 Å². The first kappa shape index (κ1) is 25.9. The van der Waals surface area contributed by atoms with Crippen molar-refractivity contribution in [1.82, 2.24) is 9.88 Å². The first-order chi connectivity index (χ1) is 17.5. The Labute approximate surface area is 216 Å². The standard InChI is InChI=1S/C28H30ClN3O4/c1-3-20(33)13-19-7-8-22(14-24(19)29)36-27-9-10-31-25-16-28(26(30-2)15-23(25)27)35-18-21(34)17-32-11-5-4-6-12-32/h7-10,14-16,21,34H,3-6,11-13,17-18H2,1H3/t21-/m1/s1. The molecule has 0 spiro atoms. The van der Waals surface area contributed by atoms with E-state index in [1.54, 1.807) is 42.6 Å². The molecule has 0 bridgehead atoms. The summed E-state index contributed by atoms with van der Waals surface area (Å²) in [4.78, 5) is 22.1. The van der Waals surface area contributed by atoms with Crippen molar-refractivity contribution in [3.63, 3.8) is 0 Å². The lowest BCUT2D eigenvalue weighted by Crippen LogP contribution is -2.38. The number of ether oxygens (including phenoxy) is 2. The number of halogens is 1. The number of Topliss-reactive ketones (excluding diaryl/α,β-unsaturated/α-hetero) is 1. The van der Waals surface area contributed by atoms with Crippen LogP contribution in [0.25, 0.3) is 15.7 Å². The number of fused-ring (bicyclic) bond motifs is 1. The molecule has 1 fully saturated rings. The summed E-state index contributed by atoms with van der Waals surface area (Å²) in [5, 5.41) is 11.6. The molecule has 1 saturated heterocycles. The van der Waals surface area contributed by atoms with Crippen molar-refractivity contribution < 1.29 is 19.4 Å². The van der Waals surface area contributed by atoms with Crippen LogP contribution in [-0.4, -0.2) is 53.1 Å². The van der Waals surface area contributed by atoms with Gasteiger partial charge in [0.05, 0.1) is 12.1 Å². The highest BCUT2D eigenvalue weighted by molar-refractivity contribution is 6.31. The molecule has 1 aliphatic rings. The maximum Gasteiger partial charge on any atom is 0.229 e. The third kappa shape index (κ3) is 6.52. The van der Waals surface area contributed by atoms with E-state index in [-0.39, 0.29) is 18.8 Å². The van der Waals surface area contributed by atoms with E-state index in [2.05, 4.69) is 14.7 Å². The molecule has 7 nitrogen and oxygen atoms in total. The smallest absolute Gasteiger partial charge is 0.229 e. The van der Waals surface area contributed by atoms with Gasteiger partial charge in [0.1, 0.15) is 35.7 Å². The second-order valence-electron chi connectivity index (χ2n) is 9.01. The SMILES string of the molecule is [C-]#[N+]c1cc2c(Oc3ccc(CC(=O)CC)c(Cl)c3)ccnc2cc1OC[C@H](O)CN1CCCCC1. The van der Waals surface area contributed by atoms with Crippen LogP contribution in [0.2, 0.25) is 5.02 Å². The molecule has 8 heteroatoms. The van der Waals surface area contributed by atoms with Gasteiger partial charge < -0.3 is 19.5 Å². The van der Waals surface area contributed by atoms with Crippen molar-refractivity contribution in [3.8, 4) is 17.2 Å². The number of pyridine rings is 1. The predicted octanol–water partition coefficient (Wildman–Crippen LogP) is 5.98. The monoisotopic (exact) mass is 507 g/mol. The molecule has 0 radical (unpaired) electrons. The fraction of sp³-hybridized carbons (Fsp3) is 0.393. The predicted molar refractivity (Wildman–Crippen MR) is 140 cm³/mol. The highest BCUT2D eigenvalue weighted by atomic mass is 35.5. The van der Waals surface area contributed by atoms with Crippen LogP contribution in [0.15, 0.2) is 42.6 Å². The summed E-state index contributed by atoms with van der Waals surface area (Å²) in [7, 11) is 0. The molecule has 188 valence electrons. The Balaban J connectivity index is 1.50. The highest BCUT2D eigenvalue weighted by Crippen LogP contribution is 2.38. The van der Waals surface area contributed by atoms with Gasteiger partial charge in [0.15, 0.2) is 0 Å². The molecular formula is C28H30ClN3O4. The van der Waals surface area contributed by atoms with E-state index in [0.29, 0.717) is 51.8 Å². The maximum absolute atomic E-state index is 11.8. The first-order valence-electron chi connectivity index (χ1n) is 12.3. The minimum absolute atomic E-state index is 0.103. The maximum atomic E-state index is 11.8. The van der Waals surface area contributed by atoms with Crippen molar-refractivity contribution in [2.24, 2.45) is 0 Å². The van der Waals surface area contributed by atoms with Gasteiger partial charge in [0, 0.05) is 36.0 Å². The highest BCUT2D eigenvalue weighted by Gasteiger charge is 2.17. The fourth-order valence-corrected chi connectivity index (χ4v) is 4.54. The van der Waals surface area contributed by atoms with Crippen molar-refractivity contribution in [1.29, 1.82) is 0 Å². The van der Waals surface area contributed by atoms with E-state index in [0.717, 1.165) is 31.5 Å². The van der Waals surface area contributed by atoms with Gasteiger partial charge in [0.2, 0.25) is 5.69 Å². The van der Waals surface area contributed by atoms with E-state index in [4.69, 9.17) is 27.6 Å². The van der Waals surface area contributed by atoms with E-state index in [1.807, 2.05) is 6.92 Å². The zero-order valence-corrected chi connectivity index (χ0v) is 21.1. The van der Waals surface area contributed by atoms with Gasteiger partial charge in [-0.15, -0.1) is 0 Å². The normalized spacial score (nSPS) is 14.8. The molecular weight excluding hydrogens is 478 g/mol. The summed E-state index contributed by atoms with van der Waals surface area (Å²) in [6.07, 6.45) is 5.30. The van der Waals surface area contributed by atoms with Crippen LogP contribution in [0.4, 0.5) is 5.69 Å². The van der Waals surface area contributed by atoms with Gasteiger partial charge in [0.25, 0.3) is 0 Å². The Bertz CT molecular complexity index is 1270. The van der Waals surface area contributed by atoms with Crippen molar-refractivity contribution >= 4 is 34.0 Å². The van der Waals surface area contributed by atoms with Gasteiger partial charge in [-0.2, -0.15) is 0 Å². The van der Waals surface area contributed by atoms with E-state index in [1.165, 1.54) is 6.42 Å². The number of hydrogen-bond acceptors (Lipinski definition) is 6. The summed E-state index contributed by atoms with van der Waals surface area (Å²) >= 11 is 6.38. The number of aliphatic hydroxyl groups is 1. The number of likely N-dealkylation sites (tertiary alicyclic amines) is 1. The Morgan fingerprint density at radius 1 is 1.19 bits per heavy atom. The average molecular weight is 508 g/mol. The number of carbonyl (C=O) groups excluding carboxylic acids is 1. The van der Waals surface area contributed by atoms with Crippen molar-refractivity contribution in [2.45, 2.75) is 45.1 Å². The number of aromatic nitrogens is 1. The molecule has 0 unspecified atom stereocenters. The minimum Gasteiger partial charge on any atom is -0.502 e. The molecule has 1 atom stereocenters. The molecule has 3 aromatic rings. The van der Waals surface area contributed by atoms with E-state index < -0.39 is 6.10 Å². The number of aliphatic hydroxyl groups excluding tert-OH is 1. The zero-order chi connectivity index (χ0) is 25.5. The van der Waals surface area contributed by atoms with Crippen LogP contribution in [0.3, 0.4) is 0 Å². The third-order valence-corrected chi connectivity index (χ3v) is 6.64. The van der Waals surface area contributed by atoms with Gasteiger partial charge in [-0.1, -0.05) is 31.0 Å². The second kappa shape index (κ2) is 12.2. The number of benzene rings is 2. The molecule has 36 heavy (non-hydrogen) atoms. The lowest BCUT2D eigenvalue weighted by molar-refractivity contribution is -0.118. The molecule has 0 amide bonds. The summed E-state index contributed by atoms with van der Waals surface area (Å²) in [6.45, 7) is 12.1. The molecule has 1 N–H and O–H groups in total. The van der Waals surface area contributed by atoms with Gasteiger partial charge >= 0.3 is 0 Å². The molecule has 0 aliphatic carbocycles. The minimum atomic E-state index is -0.639. The summed E-state index contributed by atoms with van der Waals surface area (Å²) < 4.78 is 11.9. The van der Waals surface area contributed by atoms with Crippen LogP contribution >= 0.6 is 11.6 Å². The summed E-state index contributed by atoms with van der Waals surface area (Å²) in [5.74, 6) is 1.54. The third-order valence-electron chi connectivity index (χ3n) is 6.29. The lowest BCUT2D eigenvalue weighted by atomic mass is 10.1. The molecule has 0 saturated carbocycles. The van der Waals surface area contributed by atoms with Crippen LogP contribution in [0.5, 0.6) is 17.2 Å². The van der Waals surface area contributed by atoms with Gasteiger partial charge in [-0.3, -0.25) is 9.78 Å². The van der Waals surface area contributed by atoms with Crippen LogP contribution < -0.4 is 9.47 Å². The Morgan fingerprint density at radius 3 is 2.72 bits per heavy atom. The molecule has 4 rings (SSSR count). The van der Waals surface area contributed by atoms with Crippen molar-refractivity contribution in [3.05, 3.63) is 64.6 Å². The number of carbonyl (C=O) groups is 1. The number of ketones is 1. The topological polar surface area (TPSA) is 76.2 Å². The Hall–Kier alpha value is -3.18. The number of hydrogen-bond donors (Lipinski definition) is 1. The summed E-state index contributed by atoms with van der Waals surface area (Å²) in [5.41, 5.74) is 1.68. The fourth-order valence-electron chi connectivity index (χ4n) is 4.31. The largest absolute Gasteiger partial charge is 0.502 e. The second-order valence-corrected chi connectivity index (χ2v) is 9.42. The molecule has 2 aromatic carbocycles. The Kier molecular flexibility index (Phi) is 8.76.